The van der Waals surface area contributed by atoms with E-state index in [1.807, 2.05) is 30.3 Å². The zero-order chi connectivity index (χ0) is 17.2. The summed E-state index contributed by atoms with van der Waals surface area (Å²) in [4.78, 5) is 0. The fourth-order valence-corrected chi connectivity index (χ4v) is 3.45. The van der Waals surface area contributed by atoms with Gasteiger partial charge >= 0.3 is 0 Å². The molecule has 1 aliphatic heterocycles. The molecule has 1 aliphatic rings. The van der Waals surface area contributed by atoms with Gasteiger partial charge in [0, 0.05) is 0 Å². The predicted octanol–water partition coefficient (Wildman–Crippen LogP) is 2.90. The van der Waals surface area contributed by atoms with Crippen molar-refractivity contribution in [3.63, 3.8) is 0 Å². The van der Waals surface area contributed by atoms with E-state index in [2.05, 4.69) is 15.6 Å². The van der Waals surface area contributed by atoms with Gasteiger partial charge in [0.1, 0.15) is 17.7 Å². The molecule has 0 spiro atoms. The summed E-state index contributed by atoms with van der Waals surface area (Å²) in [5, 5.41) is 28.6. The third-order valence-corrected chi connectivity index (χ3v) is 4.79. The lowest BCUT2D eigenvalue weighted by Crippen LogP contribution is -2.17. The van der Waals surface area contributed by atoms with Crippen molar-refractivity contribution in [3.05, 3.63) is 71.2 Å². The van der Waals surface area contributed by atoms with Crippen molar-refractivity contribution in [2.75, 3.05) is 10.7 Å². The van der Waals surface area contributed by atoms with Gasteiger partial charge in [0.15, 0.2) is 5.82 Å². The van der Waals surface area contributed by atoms with Gasteiger partial charge in [-0.15, -0.1) is 10.2 Å². The van der Waals surface area contributed by atoms with Gasteiger partial charge in [-0.1, -0.05) is 42.1 Å². The summed E-state index contributed by atoms with van der Waals surface area (Å²) < 4.78 is 7.52. The highest BCUT2D eigenvalue weighted by atomic mass is 32.2. The zero-order valence-corrected chi connectivity index (χ0v) is 13.8. The first-order chi connectivity index (χ1) is 12.2. The Labute approximate surface area is 147 Å². The molecule has 0 bridgehead atoms. The third kappa shape index (κ3) is 3.25. The van der Waals surface area contributed by atoms with Crippen molar-refractivity contribution in [1.82, 2.24) is 14.9 Å². The predicted molar refractivity (Wildman–Crippen MR) is 92.8 cm³/mol. The molecular weight excluding hydrogens is 342 g/mol. The van der Waals surface area contributed by atoms with E-state index in [0.29, 0.717) is 12.4 Å². The Morgan fingerprint density at radius 1 is 1.16 bits per heavy atom. The van der Waals surface area contributed by atoms with Crippen LogP contribution < -0.4 is 15.4 Å². The molecule has 25 heavy (non-hydrogen) atoms. The van der Waals surface area contributed by atoms with Crippen LogP contribution in [0.2, 0.25) is 0 Å². The second kappa shape index (κ2) is 6.63. The molecule has 8 nitrogen and oxygen atoms in total. The van der Waals surface area contributed by atoms with E-state index in [-0.39, 0.29) is 16.3 Å². The van der Waals surface area contributed by atoms with E-state index in [1.54, 1.807) is 28.9 Å². The van der Waals surface area contributed by atoms with Crippen LogP contribution in [0.1, 0.15) is 16.8 Å². The molecule has 1 aromatic heterocycles. The highest BCUT2D eigenvalue weighted by Crippen LogP contribution is 2.38. The maximum Gasteiger partial charge on any atom is 0.212 e. The minimum Gasteiger partial charge on any atom is -0.733 e. The van der Waals surface area contributed by atoms with E-state index in [1.165, 1.54) is 11.8 Å². The molecule has 1 atom stereocenters. The number of hydrogen-bond acceptors (Lipinski definition) is 8. The first-order valence-corrected chi connectivity index (χ1v) is 8.40. The summed E-state index contributed by atoms with van der Waals surface area (Å²) in [6.07, 6.45) is 0. The number of benzene rings is 2. The molecule has 0 aliphatic carbocycles. The van der Waals surface area contributed by atoms with Crippen LogP contribution in [0.3, 0.4) is 0 Å². The van der Waals surface area contributed by atoms with E-state index in [0.717, 1.165) is 16.5 Å². The maximum atomic E-state index is 10.9. The molecule has 0 radical (unpaired) electrons. The van der Waals surface area contributed by atoms with Gasteiger partial charge in [-0.25, -0.2) is 4.68 Å². The number of aromatic nitrogens is 3. The third-order valence-electron chi connectivity index (χ3n) is 3.70. The van der Waals surface area contributed by atoms with Gasteiger partial charge in [0.2, 0.25) is 5.16 Å². The van der Waals surface area contributed by atoms with Crippen LogP contribution in [0.25, 0.3) is 0 Å². The Bertz CT molecular complexity index is 854. The van der Waals surface area contributed by atoms with E-state index in [4.69, 9.17) is 9.94 Å². The largest absolute Gasteiger partial charge is 0.733 e. The lowest BCUT2D eigenvalue weighted by Gasteiger charge is -2.22. The van der Waals surface area contributed by atoms with Crippen LogP contribution in [0.15, 0.2) is 59.8 Å². The summed E-state index contributed by atoms with van der Waals surface area (Å²) in [5.74, 6) is 1.44. The van der Waals surface area contributed by atoms with Crippen LogP contribution in [0, 0.1) is 5.21 Å². The Hall–Kier alpha value is -2.75. The molecule has 0 fully saturated rings. The van der Waals surface area contributed by atoms with E-state index in [9.17, 15) is 5.21 Å². The second-order valence-corrected chi connectivity index (χ2v) is 6.40. The number of ether oxygens (including phenoxy) is 1. The minimum absolute atomic E-state index is 0.0613. The smallest absolute Gasteiger partial charge is 0.212 e. The first-order valence-electron chi connectivity index (χ1n) is 7.52. The van der Waals surface area contributed by atoms with Gasteiger partial charge in [0.05, 0.1) is 5.69 Å². The van der Waals surface area contributed by atoms with Crippen molar-refractivity contribution in [1.29, 1.82) is 0 Å². The lowest BCUT2D eigenvalue weighted by atomic mass is 10.2. The Morgan fingerprint density at radius 3 is 2.64 bits per heavy atom. The Morgan fingerprint density at radius 2 is 1.92 bits per heavy atom. The van der Waals surface area contributed by atoms with Crippen LogP contribution in [0.4, 0.5) is 5.69 Å². The van der Waals surface area contributed by atoms with Gasteiger partial charge < -0.3 is 20.6 Å². The van der Waals surface area contributed by atoms with Crippen molar-refractivity contribution in [2.45, 2.75) is 17.1 Å². The minimum atomic E-state index is -0.160. The molecule has 4 rings (SSSR count). The first kappa shape index (κ1) is 15.8. The fraction of sp³-hybridized carbons (Fsp3) is 0.125. The molecule has 0 unspecified atom stereocenters. The van der Waals surface area contributed by atoms with E-state index < -0.39 is 0 Å². The second-order valence-electron chi connectivity index (χ2n) is 5.33. The van der Waals surface area contributed by atoms with Gasteiger partial charge in [-0.05, 0) is 29.8 Å². The molecular formula is C16H14N5O3S-. The highest BCUT2D eigenvalue weighted by Gasteiger charge is 2.27. The van der Waals surface area contributed by atoms with Crippen LogP contribution in [-0.2, 0) is 6.61 Å². The van der Waals surface area contributed by atoms with Crippen molar-refractivity contribution in [3.8, 4) is 5.75 Å². The molecule has 0 amide bonds. The zero-order valence-electron chi connectivity index (χ0n) is 12.9. The number of anilines is 1. The summed E-state index contributed by atoms with van der Waals surface area (Å²) in [6.45, 7) is 0.298. The van der Waals surface area contributed by atoms with Gasteiger partial charge in [0.25, 0.3) is 0 Å². The molecule has 2 heterocycles. The number of fused-ring (bicyclic) bond motifs is 1. The number of hydrogen-bond donors (Lipinski definition) is 2. The van der Waals surface area contributed by atoms with Crippen LogP contribution in [-0.4, -0.2) is 20.1 Å². The fourth-order valence-electron chi connectivity index (χ4n) is 2.43. The quantitative estimate of drug-likeness (QED) is 0.673. The average molecular weight is 356 g/mol. The Kier molecular flexibility index (Phi) is 4.18. The molecule has 0 saturated carbocycles. The molecule has 9 heteroatoms. The van der Waals surface area contributed by atoms with Gasteiger partial charge in [-0.3, -0.25) is 5.21 Å². The number of nitrogens with zero attached hydrogens (tertiary/aromatic N) is 4. The average Bonchev–Trinajstić information content (AvgIpc) is 3.22. The van der Waals surface area contributed by atoms with Crippen LogP contribution in [0.5, 0.6) is 5.75 Å². The molecule has 0 saturated heterocycles. The molecule has 3 aromatic rings. The normalized spacial score (nSPS) is 15.5. The highest BCUT2D eigenvalue weighted by molar-refractivity contribution is 7.99. The van der Waals surface area contributed by atoms with Crippen LogP contribution >= 0.6 is 11.8 Å². The number of rotatable bonds is 5. The lowest BCUT2D eigenvalue weighted by molar-refractivity contribution is 0.291. The van der Waals surface area contributed by atoms with Crippen molar-refractivity contribution >= 4 is 17.4 Å². The molecule has 2 N–H and O–H groups in total. The summed E-state index contributed by atoms with van der Waals surface area (Å²) in [7, 11) is 0. The SMILES string of the molecule is [O-]N(O)c1ccc([C@@H]2Nn3c(COc4ccccc4)nnc3S2)cc1. The topological polar surface area (TPSA) is 98.5 Å². The van der Waals surface area contributed by atoms with Gasteiger partial charge in [-0.2, -0.15) is 0 Å². The van der Waals surface area contributed by atoms with Crippen molar-refractivity contribution in [2.24, 2.45) is 0 Å². The molecule has 128 valence electrons. The number of nitrogens with one attached hydrogen (secondary N) is 1. The summed E-state index contributed by atoms with van der Waals surface area (Å²) in [5.41, 5.74) is 4.44. The van der Waals surface area contributed by atoms with Crippen molar-refractivity contribution < 1.29 is 9.94 Å². The summed E-state index contributed by atoms with van der Waals surface area (Å²) in [6, 6.07) is 16.2. The monoisotopic (exact) mass is 356 g/mol. The molecule has 2 aromatic carbocycles. The van der Waals surface area contributed by atoms with E-state index >= 15 is 0 Å². The maximum absolute atomic E-state index is 10.9. The number of para-hydroxylation sites is 1. The summed E-state index contributed by atoms with van der Waals surface area (Å²) >= 11 is 1.51. The standard InChI is InChI=1S/C16H14N5O3S/c22-21(23)12-8-6-11(7-9-12)15-19-20-14(17-18-16(20)25-15)10-24-13-4-2-1-3-5-13/h1-9,15,19,22H,10H2/q-1/t15-/m1/s1. The number of thioether (sulfide) groups is 1. The Balaban J connectivity index is 1.45.